The number of para-hydroxylation sites is 1. The Morgan fingerprint density at radius 2 is 1.91 bits per heavy atom. The molecule has 0 aliphatic rings. The van der Waals surface area contributed by atoms with Crippen molar-refractivity contribution < 1.29 is 18.0 Å². The zero-order valence-electron chi connectivity index (χ0n) is 11.1. The number of pyridine rings is 1. The van der Waals surface area contributed by atoms with Crippen LogP contribution in [-0.4, -0.2) is 10.9 Å². The molecule has 1 heterocycles. The third kappa shape index (κ3) is 4.33. The summed E-state index contributed by atoms with van der Waals surface area (Å²) in [6, 6.07) is 9.49. The molecule has 0 bridgehead atoms. The molecule has 0 fully saturated rings. The Morgan fingerprint density at radius 3 is 2.50 bits per heavy atom. The van der Waals surface area contributed by atoms with E-state index in [0.717, 1.165) is 12.1 Å². The van der Waals surface area contributed by atoms with Gasteiger partial charge in [-0.25, -0.2) is 0 Å². The molecule has 22 heavy (non-hydrogen) atoms. The fourth-order valence-corrected chi connectivity index (χ4v) is 1.82. The van der Waals surface area contributed by atoms with E-state index in [1.165, 1.54) is 6.08 Å². The van der Waals surface area contributed by atoms with Gasteiger partial charge in [0, 0.05) is 18.0 Å². The number of benzene rings is 1. The number of anilines is 1. The fourth-order valence-electron chi connectivity index (χ4n) is 1.59. The van der Waals surface area contributed by atoms with Crippen LogP contribution in [0, 0.1) is 0 Å². The van der Waals surface area contributed by atoms with E-state index in [9.17, 15) is 18.0 Å². The summed E-state index contributed by atoms with van der Waals surface area (Å²) in [5, 5.41) is 2.41. The molecule has 0 saturated carbocycles. The molecule has 114 valence electrons. The second-order valence-electron chi connectivity index (χ2n) is 4.28. The fraction of sp³-hybridized carbons (Fsp3) is 0.0667. The van der Waals surface area contributed by atoms with Crippen molar-refractivity contribution in [1.82, 2.24) is 4.98 Å². The van der Waals surface area contributed by atoms with Gasteiger partial charge in [0.15, 0.2) is 0 Å². The number of alkyl halides is 3. The second kappa shape index (κ2) is 6.62. The van der Waals surface area contributed by atoms with E-state index in [1.54, 1.807) is 30.3 Å². The van der Waals surface area contributed by atoms with Gasteiger partial charge in [0.2, 0.25) is 5.91 Å². The Labute approximate surface area is 129 Å². The standard InChI is InChI=1S/C15H10ClF3N2O/c16-12-8-10(15(17,18)19)9-20-13(12)6-7-14(22)21-11-4-2-1-3-5-11/h1-9H,(H,21,22). The summed E-state index contributed by atoms with van der Waals surface area (Å²) in [5.41, 5.74) is -0.259. The lowest BCUT2D eigenvalue weighted by atomic mass is 10.2. The average molecular weight is 327 g/mol. The maximum Gasteiger partial charge on any atom is 0.417 e. The van der Waals surface area contributed by atoms with Crippen LogP contribution >= 0.6 is 11.6 Å². The van der Waals surface area contributed by atoms with Crippen LogP contribution < -0.4 is 5.32 Å². The lowest BCUT2D eigenvalue weighted by Gasteiger charge is -2.07. The SMILES string of the molecule is O=C(C=Cc1ncc(C(F)(F)F)cc1Cl)Nc1ccccc1. The molecule has 0 unspecified atom stereocenters. The van der Waals surface area contributed by atoms with Gasteiger partial charge in [-0.2, -0.15) is 13.2 Å². The van der Waals surface area contributed by atoms with Crippen LogP contribution in [0.15, 0.2) is 48.7 Å². The van der Waals surface area contributed by atoms with Gasteiger partial charge in [0.05, 0.1) is 16.3 Å². The normalized spacial score (nSPS) is 11.6. The molecule has 0 aliphatic heterocycles. The Hall–Kier alpha value is -2.34. The molecular formula is C15H10ClF3N2O. The van der Waals surface area contributed by atoms with E-state index in [2.05, 4.69) is 10.3 Å². The molecule has 0 spiro atoms. The number of aromatic nitrogens is 1. The van der Waals surface area contributed by atoms with Crippen LogP contribution in [0.25, 0.3) is 6.08 Å². The highest BCUT2D eigenvalue weighted by molar-refractivity contribution is 6.32. The minimum atomic E-state index is -4.51. The molecule has 2 aromatic rings. The first-order valence-corrected chi connectivity index (χ1v) is 6.51. The topological polar surface area (TPSA) is 42.0 Å². The Balaban J connectivity index is 2.08. The van der Waals surface area contributed by atoms with E-state index in [-0.39, 0.29) is 10.7 Å². The van der Waals surface area contributed by atoms with Crippen molar-refractivity contribution in [1.29, 1.82) is 0 Å². The first-order chi connectivity index (χ1) is 10.4. The number of hydrogen-bond acceptors (Lipinski definition) is 2. The summed E-state index contributed by atoms with van der Waals surface area (Å²) >= 11 is 5.73. The largest absolute Gasteiger partial charge is 0.417 e. The number of nitrogens with one attached hydrogen (secondary N) is 1. The Bertz CT molecular complexity index is 700. The van der Waals surface area contributed by atoms with Crippen LogP contribution in [-0.2, 0) is 11.0 Å². The molecule has 3 nitrogen and oxygen atoms in total. The van der Waals surface area contributed by atoms with Crippen molar-refractivity contribution in [2.45, 2.75) is 6.18 Å². The van der Waals surface area contributed by atoms with Gasteiger partial charge in [0.25, 0.3) is 0 Å². The number of carbonyl (C=O) groups excluding carboxylic acids is 1. The quantitative estimate of drug-likeness (QED) is 0.849. The van der Waals surface area contributed by atoms with Crippen molar-refractivity contribution >= 4 is 29.3 Å². The van der Waals surface area contributed by atoms with Crippen molar-refractivity contribution in [3.05, 3.63) is 65.0 Å². The highest BCUT2D eigenvalue weighted by Crippen LogP contribution is 2.31. The highest BCUT2D eigenvalue weighted by atomic mass is 35.5. The predicted octanol–water partition coefficient (Wildman–Crippen LogP) is 4.41. The third-order valence-electron chi connectivity index (χ3n) is 2.63. The van der Waals surface area contributed by atoms with Crippen LogP contribution in [0.4, 0.5) is 18.9 Å². The lowest BCUT2D eigenvalue weighted by Crippen LogP contribution is -2.08. The van der Waals surface area contributed by atoms with Gasteiger partial charge < -0.3 is 5.32 Å². The number of carbonyl (C=O) groups is 1. The van der Waals surface area contributed by atoms with Gasteiger partial charge in [-0.3, -0.25) is 9.78 Å². The zero-order valence-corrected chi connectivity index (χ0v) is 11.8. The Morgan fingerprint density at radius 1 is 1.23 bits per heavy atom. The predicted molar refractivity (Wildman–Crippen MR) is 78.4 cm³/mol. The average Bonchev–Trinajstić information content (AvgIpc) is 2.46. The summed E-state index contributed by atoms with van der Waals surface area (Å²) in [6.07, 6.45) is -1.44. The van der Waals surface area contributed by atoms with Gasteiger partial charge in [-0.1, -0.05) is 29.8 Å². The summed E-state index contributed by atoms with van der Waals surface area (Å²) in [6.45, 7) is 0. The van der Waals surface area contributed by atoms with Crippen LogP contribution in [0.2, 0.25) is 5.02 Å². The molecule has 0 aliphatic carbocycles. The van der Waals surface area contributed by atoms with Crippen molar-refractivity contribution in [3.63, 3.8) is 0 Å². The minimum Gasteiger partial charge on any atom is -0.323 e. The van der Waals surface area contributed by atoms with Crippen LogP contribution in [0.1, 0.15) is 11.3 Å². The van der Waals surface area contributed by atoms with E-state index >= 15 is 0 Å². The van der Waals surface area contributed by atoms with Crippen molar-refractivity contribution in [2.24, 2.45) is 0 Å². The first-order valence-electron chi connectivity index (χ1n) is 6.13. The molecule has 2 rings (SSSR count). The molecular weight excluding hydrogens is 317 g/mol. The molecule has 7 heteroatoms. The van der Waals surface area contributed by atoms with Gasteiger partial charge in [0.1, 0.15) is 0 Å². The van der Waals surface area contributed by atoms with E-state index in [1.807, 2.05) is 0 Å². The maximum atomic E-state index is 12.5. The van der Waals surface area contributed by atoms with Crippen molar-refractivity contribution in [3.8, 4) is 0 Å². The van der Waals surface area contributed by atoms with Crippen LogP contribution in [0.5, 0.6) is 0 Å². The summed E-state index contributed by atoms with van der Waals surface area (Å²) in [7, 11) is 0. The van der Waals surface area contributed by atoms with Gasteiger partial charge in [-0.15, -0.1) is 0 Å². The molecule has 0 saturated heterocycles. The van der Waals surface area contributed by atoms with E-state index in [0.29, 0.717) is 11.9 Å². The lowest BCUT2D eigenvalue weighted by molar-refractivity contribution is -0.137. The first kappa shape index (κ1) is 16.0. The summed E-state index contributed by atoms with van der Waals surface area (Å²) < 4.78 is 37.4. The smallest absolute Gasteiger partial charge is 0.323 e. The molecule has 1 amide bonds. The number of nitrogens with zero attached hydrogens (tertiary/aromatic N) is 1. The highest BCUT2D eigenvalue weighted by Gasteiger charge is 2.31. The Kier molecular flexibility index (Phi) is 4.82. The molecule has 0 atom stereocenters. The zero-order chi connectivity index (χ0) is 16.2. The molecule has 1 aromatic carbocycles. The van der Waals surface area contributed by atoms with Crippen molar-refractivity contribution in [2.75, 3.05) is 5.32 Å². The van der Waals surface area contributed by atoms with E-state index < -0.39 is 17.6 Å². The monoisotopic (exact) mass is 326 g/mol. The van der Waals surface area contributed by atoms with E-state index in [4.69, 9.17) is 11.6 Å². The summed E-state index contributed by atoms with van der Waals surface area (Å²) in [4.78, 5) is 15.3. The maximum absolute atomic E-state index is 12.5. The molecule has 1 N–H and O–H groups in total. The van der Waals surface area contributed by atoms with Gasteiger partial charge >= 0.3 is 6.18 Å². The molecule has 0 radical (unpaired) electrons. The number of halogens is 4. The second-order valence-corrected chi connectivity index (χ2v) is 4.68. The molecule has 1 aromatic heterocycles. The number of hydrogen-bond donors (Lipinski definition) is 1. The van der Waals surface area contributed by atoms with Crippen LogP contribution in [0.3, 0.4) is 0 Å². The summed E-state index contributed by atoms with van der Waals surface area (Å²) in [5.74, 6) is -0.441. The van der Waals surface area contributed by atoms with Gasteiger partial charge in [-0.05, 0) is 24.3 Å². The number of rotatable bonds is 3. The third-order valence-corrected chi connectivity index (χ3v) is 2.93. The minimum absolute atomic E-state index is 0.0814. The number of amides is 1.